The fraction of sp³-hybridized carbons (Fsp3) is 0.417. The SMILES string of the molecule is C[S+](CCCc1ccccc1)CC(=O)O. The molecule has 0 radical (unpaired) electrons. The van der Waals surface area contributed by atoms with Crippen LogP contribution in [0.1, 0.15) is 12.0 Å². The second-order valence-electron chi connectivity index (χ2n) is 3.61. The number of aryl methyl sites for hydroxylation is 1. The van der Waals surface area contributed by atoms with Crippen LogP contribution < -0.4 is 0 Å². The van der Waals surface area contributed by atoms with Crippen LogP contribution in [-0.4, -0.2) is 28.8 Å². The van der Waals surface area contributed by atoms with Gasteiger partial charge in [-0.3, -0.25) is 0 Å². The van der Waals surface area contributed by atoms with Crippen LogP contribution in [-0.2, 0) is 22.1 Å². The Hall–Kier alpha value is -0.960. The van der Waals surface area contributed by atoms with Crippen molar-refractivity contribution in [3.05, 3.63) is 35.9 Å². The summed E-state index contributed by atoms with van der Waals surface area (Å²) >= 11 is 0. The van der Waals surface area contributed by atoms with E-state index < -0.39 is 5.97 Å². The maximum Gasteiger partial charge on any atom is 0.353 e. The van der Waals surface area contributed by atoms with Crippen molar-refractivity contribution in [2.75, 3.05) is 17.8 Å². The molecule has 0 bridgehead atoms. The van der Waals surface area contributed by atoms with Crippen LogP contribution in [0.2, 0.25) is 0 Å². The molecule has 0 saturated carbocycles. The Labute approximate surface area is 93.7 Å². The number of rotatable bonds is 6. The smallest absolute Gasteiger partial charge is 0.353 e. The molecule has 1 rings (SSSR count). The third kappa shape index (κ3) is 5.47. The minimum atomic E-state index is -0.680. The minimum Gasteiger partial charge on any atom is -0.478 e. The Morgan fingerprint density at radius 1 is 1.33 bits per heavy atom. The molecular formula is C12H17O2S+. The van der Waals surface area contributed by atoms with Gasteiger partial charge in [0, 0.05) is 0 Å². The van der Waals surface area contributed by atoms with Crippen LogP contribution in [0.15, 0.2) is 30.3 Å². The van der Waals surface area contributed by atoms with Crippen LogP contribution in [0.4, 0.5) is 0 Å². The van der Waals surface area contributed by atoms with E-state index in [1.807, 2.05) is 24.5 Å². The van der Waals surface area contributed by atoms with Gasteiger partial charge in [0.2, 0.25) is 5.75 Å². The van der Waals surface area contributed by atoms with Gasteiger partial charge in [-0.25, -0.2) is 4.79 Å². The van der Waals surface area contributed by atoms with E-state index in [2.05, 4.69) is 12.1 Å². The van der Waals surface area contributed by atoms with E-state index >= 15 is 0 Å². The summed E-state index contributed by atoms with van der Waals surface area (Å²) in [7, 11) is 0.0267. The van der Waals surface area contributed by atoms with Crippen molar-refractivity contribution >= 4 is 16.9 Å². The lowest BCUT2D eigenvalue weighted by molar-refractivity contribution is -0.133. The standard InChI is InChI=1S/C12H16O2S/c1-15(10-12(13)14)9-5-8-11-6-3-2-4-7-11/h2-4,6-7H,5,8-10H2,1H3/p+1. The van der Waals surface area contributed by atoms with Crippen molar-refractivity contribution in [2.24, 2.45) is 0 Å². The van der Waals surface area contributed by atoms with E-state index in [1.54, 1.807) is 0 Å². The molecule has 15 heavy (non-hydrogen) atoms. The number of aliphatic carboxylic acids is 1. The van der Waals surface area contributed by atoms with Crippen LogP contribution in [0, 0.1) is 0 Å². The third-order valence-corrected chi connectivity index (χ3v) is 3.90. The first-order valence-electron chi connectivity index (χ1n) is 5.03. The highest BCUT2D eigenvalue weighted by Crippen LogP contribution is 2.04. The van der Waals surface area contributed by atoms with E-state index in [4.69, 9.17) is 5.11 Å². The number of hydrogen-bond donors (Lipinski definition) is 1. The van der Waals surface area contributed by atoms with Gasteiger partial charge in [-0.05, 0) is 29.3 Å². The summed E-state index contributed by atoms with van der Waals surface area (Å²) in [5.41, 5.74) is 1.34. The number of benzene rings is 1. The van der Waals surface area contributed by atoms with Gasteiger partial charge in [0.05, 0.1) is 6.26 Å². The molecule has 1 atom stereocenters. The molecule has 0 aliphatic heterocycles. The second-order valence-corrected chi connectivity index (χ2v) is 5.87. The molecule has 82 valence electrons. The summed E-state index contributed by atoms with van der Waals surface area (Å²) in [5, 5.41) is 8.61. The summed E-state index contributed by atoms with van der Waals surface area (Å²) < 4.78 is 0. The van der Waals surface area contributed by atoms with Gasteiger partial charge < -0.3 is 5.11 Å². The highest BCUT2D eigenvalue weighted by Gasteiger charge is 2.15. The van der Waals surface area contributed by atoms with Crippen molar-refractivity contribution in [1.82, 2.24) is 0 Å². The third-order valence-electron chi connectivity index (χ3n) is 2.17. The maximum atomic E-state index is 10.4. The summed E-state index contributed by atoms with van der Waals surface area (Å²) in [4.78, 5) is 10.4. The first-order valence-corrected chi connectivity index (χ1v) is 7.00. The number of carboxylic acid groups (broad SMARTS) is 1. The van der Waals surface area contributed by atoms with Gasteiger partial charge in [0.1, 0.15) is 5.75 Å². The van der Waals surface area contributed by atoms with Crippen molar-refractivity contribution in [3.8, 4) is 0 Å². The van der Waals surface area contributed by atoms with E-state index in [0.29, 0.717) is 5.75 Å². The van der Waals surface area contributed by atoms with Crippen molar-refractivity contribution in [2.45, 2.75) is 12.8 Å². The summed E-state index contributed by atoms with van der Waals surface area (Å²) in [6, 6.07) is 10.3. The van der Waals surface area contributed by atoms with E-state index in [-0.39, 0.29) is 10.9 Å². The fourth-order valence-corrected chi connectivity index (χ4v) is 2.65. The first kappa shape index (κ1) is 12.1. The molecule has 2 nitrogen and oxygen atoms in total. The van der Waals surface area contributed by atoms with E-state index in [0.717, 1.165) is 18.6 Å². The molecule has 0 fully saturated rings. The van der Waals surface area contributed by atoms with Crippen LogP contribution in [0.3, 0.4) is 0 Å². The van der Waals surface area contributed by atoms with Crippen molar-refractivity contribution < 1.29 is 9.90 Å². The van der Waals surface area contributed by atoms with Gasteiger partial charge in [0.15, 0.2) is 0 Å². The van der Waals surface area contributed by atoms with E-state index in [9.17, 15) is 4.79 Å². The molecule has 1 aromatic rings. The van der Waals surface area contributed by atoms with Crippen LogP contribution in [0.5, 0.6) is 0 Å². The zero-order valence-electron chi connectivity index (χ0n) is 8.98. The summed E-state index contributed by atoms with van der Waals surface area (Å²) in [6.45, 7) is 0. The molecule has 1 unspecified atom stereocenters. The number of hydrogen-bond acceptors (Lipinski definition) is 1. The molecule has 0 heterocycles. The predicted molar refractivity (Wildman–Crippen MR) is 65.4 cm³/mol. The lowest BCUT2D eigenvalue weighted by Crippen LogP contribution is -2.17. The van der Waals surface area contributed by atoms with Gasteiger partial charge in [-0.2, -0.15) is 0 Å². The summed E-state index contributed by atoms with van der Waals surface area (Å²) in [5.74, 6) is 0.649. The maximum absolute atomic E-state index is 10.4. The molecule has 0 amide bonds. The highest BCUT2D eigenvalue weighted by atomic mass is 32.2. The second kappa shape index (κ2) is 6.51. The van der Waals surface area contributed by atoms with Crippen LogP contribution in [0.25, 0.3) is 0 Å². The van der Waals surface area contributed by atoms with Gasteiger partial charge >= 0.3 is 5.97 Å². The molecule has 0 aromatic heterocycles. The Balaban J connectivity index is 2.19. The van der Waals surface area contributed by atoms with Crippen molar-refractivity contribution in [1.29, 1.82) is 0 Å². The first-order chi connectivity index (χ1) is 7.18. The fourth-order valence-electron chi connectivity index (χ4n) is 1.45. The van der Waals surface area contributed by atoms with Crippen LogP contribution >= 0.6 is 0 Å². The largest absolute Gasteiger partial charge is 0.478 e. The molecule has 0 aliphatic carbocycles. The zero-order valence-corrected chi connectivity index (χ0v) is 9.80. The number of carbonyl (C=O) groups is 1. The van der Waals surface area contributed by atoms with Gasteiger partial charge in [-0.15, -0.1) is 0 Å². The Morgan fingerprint density at radius 3 is 2.60 bits per heavy atom. The molecule has 0 spiro atoms. The molecule has 0 aliphatic rings. The molecular weight excluding hydrogens is 208 g/mol. The molecule has 1 N–H and O–H groups in total. The minimum absolute atomic E-state index is 0.0267. The molecule has 0 saturated heterocycles. The Kier molecular flexibility index (Phi) is 5.26. The van der Waals surface area contributed by atoms with Gasteiger partial charge in [-0.1, -0.05) is 30.3 Å². The highest BCUT2D eigenvalue weighted by molar-refractivity contribution is 7.96. The predicted octanol–water partition coefficient (Wildman–Crippen LogP) is 1.95. The average molecular weight is 225 g/mol. The molecule has 3 heteroatoms. The molecule has 1 aromatic carbocycles. The van der Waals surface area contributed by atoms with Crippen molar-refractivity contribution in [3.63, 3.8) is 0 Å². The monoisotopic (exact) mass is 225 g/mol. The summed E-state index contributed by atoms with van der Waals surface area (Å²) in [6.07, 6.45) is 4.16. The number of carboxylic acids is 1. The Bertz CT molecular complexity index is 298. The van der Waals surface area contributed by atoms with E-state index in [1.165, 1.54) is 5.56 Å². The topological polar surface area (TPSA) is 37.3 Å². The quantitative estimate of drug-likeness (QED) is 0.751. The lowest BCUT2D eigenvalue weighted by atomic mass is 10.1. The van der Waals surface area contributed by atoms with Gasteiger partial charge in [0.25, 0.3) is 0 Å². The lowest BCUT2D eigenvalue weighted by Gasteiger charge is -2.01. The zero-order chi connectivity index (χ0) is 11.1. The average Bonchev–Trinajstić information content (AvgIpc) is 2.18. The normalized spacial score (nSPS) is 12.3. The Morgan fingerprint density at radius 2 is 2.00 bits per heavy atom.